The summed E-state index contributed by atoms with van der Waals surface area (Å²) in [6.45, 7) is 1.08. The number of carboxylic acid groups (broad SMARTS) is 1. The number of carbonyl (C=O) groups is 1. The van der Waals surface area contributed by atoms with Crippen molar-refractivity contribution in [2.24, 2.45) is 0 Å². The maximum absolute atomic E-state index is 9.00. The first-order valence-corrected chi connectivity index (χ1v) is 0.928. The molecule has 0 aliphatic carbocycles. The molecule has 0 unspecified atom stereocenters. The minimum absolute atomic E-state index is 0. The molecule has 0 saturated carbocycles. The summed E-state index contributed by atoms with van der Waals surface area (Å²) in [5.74, 6) is -0.833. The molecular weight excluding hydrogens is 167 g/mol. The molecule has 0 heterocycles. The first-order chi connectivity index (χ1) is 1.73. The summed E-state index contributed by atoms with van der Waals surface area (Å²) in [6.07, 6.45) is 0. The molecular formula is C2H8CaMnO3. The zero-order valence-electron chi connectivity index (χ0n) is 5.94. The summed E-state index contributed by atoms with van der Waals surface area (Å²) in [5.41, 5.74) is 0. The van der Waals surface area contributed by atoms with Crippen molar-refractivity contribution in [3.63, 3.8) is 0 Å². The largest absolute Gasteiger partial charge is 2.00 e. The fourth-order valence-corrected chi connectivity index (χ4v) is 0. The van der Waals surface area contributed by atoms with Crippen LogP contribution < -0.4 is 0 Å². The van der Waals surface area contributed by atoms with Gasteiger partial charge in [-0.25, -0.2) is 0 Å². The maximum atomic E-state index is 9.00. The minimum Gasteiger partial charge on any atom is -1.00 e. The predicted molar refractivity (Wildman–Crippen MR) is 24.9 cm³/mol. The molecule has 0 fully saturated rings. The first kappa shape index (κ1) is 24.1. The van der Waals surface area contributed by atoms with Crippen molar-refractivity contribution in [1.82, 2.24) is 0 Å². The van der Waals surface area contributed by atoms with Gasteiger partial charge >= 0.3 is 37.7 Å². The molecule has 0 aromatic rings. The Balaban J connectivity index is -0.00000000450. The molecule has 0 rings (SSSR count). The Morgan fingerprint density at radius 2 is 1.71 bits per heavy atom. The van der Waals surface area contributed by atoms with Crippen molar-refractivity contribution in [2.45, 2.75) is 6.92 Å². The number of rotatable bonds is 0. The third kappa shape index (κ3) is 134. The molecule has 0 aliphatic rings. The topological polar surface area (TPSA) is 68.8 Å². The van der Waals surface area contributed by atoms with Crippen LogP contribution >= 0.6 is 0 Å². The third-order valence-corrected chi connectivity index (χ3v) is 0. The van der Waals surface area contributed by atoms with Gasteiger partial charge in [0.1, 0.15) is 0 Å². The molecule has 0 aliphatic heterocycles. The Hall–Kier alpha value is 1.21. The molecule has 7 heavy (non-hydrogen) atoms. The first-order valence-electron chi connectivity index (χ1n) is 0.928. The summed E-state index contributed by atoms with van der Waals surface area (Å²) in [6, 6.07) is 0. The van der Waals surface area contributed by atoms with Gasteiger partial charge in [-0.2, -0.15) is 0 Å². The molecule has 3 nitrogen and oxygen atoms in total. The number of carboxylic acids is 1. The Kier molecular flexibility index (Phi) is 54.0. The van der Waals surface area contributed by atoms with Gasteiger partial charge in [-0.3, -0.25) is 4.79 Å². The average molecular weight is 175 g/mol. The van der Waals surface area contributed by atoms with Crippen LogP contribution in [0.2, 0.25) is 0 Å². The maximum Gasteiger partial charge on any atom is 2.00 e. The van der Waals surface area contributed by atoms with Crippen molar-refractivity contribution < 1.29 is 35.3 Å². The van der Waals surface area contributed by atoms with E-state index < -0.39 is 5.97 Å². The zero-order valence-corrected chi connectivity index (χ0v) is 7.33. The van der Waals surface area contributed by atoms with Crippen molar-refractivity contribution in [3.05, 3.63) is 0 Å². The molecule has 0 amide bonds. The van der Waals surface area contributed by atoms with Gasteiger partial charge in [0, 0.05) is 24.0 Å². The van der Waals surface area contributed by atoms with Gasteiger partial charge in [0.25, 0.3) is 5.97 Å². The molecule has 43 valence electrons. The van der Waals surface area contributed by atoms with E-state index >= 15 is 0 Å². The fraction of sp³-hybridized carbons (Fsp3) is 0.500. The smallest absolute Gasteiger partial charge is 1.00 e. The Morgan fingerprint density at radius 3 is 1.71 bits per heavy atom. The number of hydrogen-bond acceptors (Lipinski definition) is 1. The van der Waals surface area contributed by atoms with Crippen LogP contribution in [-0.2, 0) is 21.9 Å². The van der Waals surface area contributed by atoms with E-state index in [1.54, 1.807) is 0 Å². The number of aliphatic carboxylic acids is 1. The molecule has 0 aromatic carbocycles. The van der Waals surface area contributed by atoms with Crippen molar-refractivity contribution in [2.75, 3.05) is 0 Å². The van der Waals surface area contributed by atoms with Crippen molar-refractivity contribution in [3.8, 4) is 0 Å². The van der Waals surface area contributed by atoms with Gasteiger partial charge in [0.05, 0.1) is 0 Å². The summed E-state index contributed by atoms with van der Waals surface area (Å²) in [4.78, 5) is 9.00. The van der Waals surface area contributed by atoms with E-state index in [4.69, 9.17) is 9.90 Å². The Bertz CT molecular complexity index is 42.8. The summed E-state index contributed by atoms with van der Waals surface area (Å²) in [7, 11) is 0. The fourth-order valence-electron chi connectivity index (χ4n) is 0. The van der Waals surface area contributed by atoms with Crippen LogP contribution in [0.5, 0.6) is 0 Å². The van der Waals surface area contributed by atoms with Crippen LogP contribution in [0.4, 0.5) is 0 Å². The molecule has 3 N–H and O–H groups in total. The second-order valence-corrected chi connectivity index (χ2v) is 0.519. The Labute approximate surface area is 85.2 Å². The monoisotopic (exact) mass is 175 g/mol. The van der Waals surface area contributed by atoms with Gasteiger partial charge in [-0.05, 0) is 0 Å². The van der Waals surface area contributed by atoms with Gasteiger partial charge < -0.3 is 13.4 Å². The van der Waals surface area contributed by atoms with Crippen LogP contribution in [0, 0.1) is 0 Å². The standard InChI is InChI=1S/C2H4O2.Ca.Mn.H2O.2H/c1-2(3)4;;;;;/h1H3,(H,3,4);;;1H2;;/q;+2;;;2*-1. The normalized spacial score (nSPS) is 3.57. The average Bonchev–Trinajstić information content (AvgIpc) is 0.811. The van der Waals surface area contributed by atoms with Crippen molar-refractivity contribution >= 4 is 43.7 Å². The summed E-state index contributed by atoms with van der Waals surface area (Å²) >= 11 is 0. The van der Waals surface area contributed by atoms with Gasteiger partial charge in [-0.1, -0.05) is 0 Å². The molecule has 0 bridgehead atoms. The van der Waals surface area contributed by atoms with Gasteiger partial charge in [0.2, 0.25) is 0 Å². The minimum atomic E-state index is -0.833. The van der Waals surface area contributed by atoms with Crippen LogP contribution in [0.1, 0.15) is 9.78 Å². The molecule has 0 spiro atoms. The van der Waals surface area contributed by atoms with E-state index in [2.05, 4.69) is 0 Å². The quantitative estimate of drug-likeness (QED) is 0.485. The SMILES string of the molecule is CC(=O)O.O.[Ca+2].[H-].[H-].[Mn]. The summed E-state index contributed by atoms with van der Waals surface area (Å²) in [5, 5.41) is 7.42. The van der Waals surface area contributed by atoms with Crippen LogP contribution in [0.15, 0.2) is 0 Å². The molecule has 5 heteroatoms. The van der Waals surface area contributed by atoms with E-state index in [1.807, 2.05) is 0 Å². The second kappa shape index (κ2) is 15.7. The summed E-state index contributed by atoms with van der Waals surface area (Å²) < 4.78 is 0. The van der Waals surface area contributed by atoms with E-state index in [0.29, 0.717) is 0 Å². The van der Waals surface area contributed by atoms with E-state index in [0.717, 1.165) is 6.92 Å². The molecule has 0 saturated heterocycles. The van der Waals surface area contributed by atoms with Gasteiger partial charge in [-0.15, -0.1) is 0 Å². The van der Waals surface area contributed by atoms with Crippen LogP contribution in [0.25, 0.3) is 0 Å². The Morgan fingerprint density at radius 1 is 1.71 bits per heavy atom. The van der Waals surface area contributed by atoms with Crippen LogP contribution in [0.3, 0.4) is 0 Å². The number of hydrogen-bond donors (Lipinski definition) is 1. The van der Waals surface area contributed by atoms with Crippen LogP contribution in [-0.4, -0.2) is 54.3 Å². The van der Waals surface area contributed by atoms with Gasteiger partial charge in [0.15, 0.2) is 0 Å². The second-order valence-electron chi connectivity index (χ2n) is 0.519. The zero-order chi connectivity index (χ0) is 3.58. The van der Waals surface area contributed by atoms with E-state index in [9.17, 15) is 0 Å². The van der Waals surface area contributed by atoms with E-state index in [1.165, 1.54) is 0 Å². The van der Waals surface area contributed by atoms with Crippen molar-refractivity contribution in [1.29, 1.82) is 0 Å². The third-order valence-electron chi connectivity index (χ3n) is 0. The molecule has 1 radical (unpaired) electrons. The molecule has 0 atom stereocenters. The van der Waals surface area contributed by atoms with E-state index in [-0.39, 0.29) is 63.1 Å². The predicted octanol–water partition coefficient (Wildman–Crippen LogP) is -0.892. The molecule has 0 aromatic heterocycles.